The van der Waals surface area contributed by atoms with Gasteiger partial charge in [-0.05, 0) is 55.4 Å². The normalized spacial score (nSPS) is 28.0. The highest BCUT2D eigenvalue weighted by atomic mass is 16.1. The molecule has 0 unspecified atom stereocenters. The molecule has 3 aliphatic rings. The predicted molar refractivity (Wildman–Crippen MR) is 83.3 cm³/mol. The van der Waals surface area contributed by atoms with Crippen molar-refractivity contribution in [2.24, 2.45) is 13.0 Å². The molecule has 21 heavy (non-hydrogen) atoms. The Morgan fingerprint density at radius 3 is 2.76 bits per heavy atom. The van der Waals surface area contributed by atoms with Crippen molar-refractivity contribution >= 4 is 16.8 Å². The summed E-state index contributed by atoms with van der Waals surface area (Å²) in [7, 11) is 2.01. The molecular formula is C17H21N3O. The van der Waals surface area contributed by atoms with Crippen LogP contribution in [-0.2, 0) is 7.05 Å². The van der Waals surface area contributed by atoms with Gasteiger partial charge in [0.05, 0.1) is 0 Å². The van der Waals surface area contributed by atoms with Gasteiger partial charge >= 0.3 is 0 Å². The minimum Gasteiger partial charge on any atom is -0.351 e. The van der Waals surface area contributed by atoms with E-state index < -0.39 is 0 Å². The SMILES string of the molecule is Cn1ccc2ccc(C(=O)N[C@@H]3CN4CCC3CC4)cc21. The molecule has 3 aliphatic heterocycles. The average Bonchev–Trinajstić information content (AvgIpc) is 2.89. The Balaban J connectivity index is 1.54. The van der Waals surface area contributed by atoms with Crippen LogP contribution in [0.5, 0.6) is 0 Å². The van der Waals surface area contributed by atoms with Crippen LogP contribution in [0.15, 0.2) is 30.5 Å². The van der Waals surface area contributed by atoms with E-state index in [1.165, 1.54) is 31.3 Å². The van der Waals surface area contributed by atoms with Crippen molar-refractivity contribution in [1.29, 1.82) is 0 Å². The molecule has 3 fully saturated rings. The Bertz CT molecular complexity index is 682. The second kappa shape index (κ2) is 4.88. The van der Waals surface area contributed by atoms with E-state index >= 15 is 0 Å². The van der Waals surface area contributed by atoms with Crippen LogP contribution < -0.4 is 5.32 Å². The molecule has 0 saturated carbocycles. The number of carbonyl (C=O) groups excluding carboxylic acids is 1. The first-order valence-electron chi connectivity index (χ1n) is 7.79. The second-order valence-electron chi connectivity index (χ2n) is 6.42. The summed E-state index contributed by atoms with van der Waals surface area (Å²) in [5.74, 6) is 0.731. The number of hydrogen-bond acceptors (Lipinski definition) is 2. The summed E-state index contributed by atoms with van der Waals surface area (Å²) < 4.78 is 2.06. The van der Waals surface area contributed by atoms with Gasteiger partial charge in [-0.15, -0.1) is 0 Å². The molecule has 0 radical (unpaired) electrons. The summed E-state index contributed by atoms with van der Waals surface area (Å²) >= 11 is 0. The fourth-order valence-electron chi connectivity index (χ4n) is 3.78. The van der Waals surface area contributed by atoms with Gasteiger partial charge in [0.2, 0.25) is 0 Å². The van der Waals surface area contributed by atoms with E-state index in [1.54, 1.807) is 0 Å². The van der Waals surface area contributed by atoms with E-state index in [9.17, 15) is 4.79 Å². The summed E-state index contributed by atoms with van der Waals surface area (Å²) in [6.07, 6.45) is 4.48. The molecule has 4 heterocycles. The van der Waals surface area contributed by atoms with E-state index in [-0.39, 0.29) is 5.91 Å². The summed E-state index contributed by atoms with van der Waals surface area (Å²) in [6.45, 7) is 3.42. The van der Waals surface area contributed by atoms with Crippen LogP contribution in [0.4, 0.5) is 0 Å². The largest absolute Gasteiger partial charge is 0.351 e. The van der Waals surface area contributed by atoms with Crippen LogP contribution in [0.3, 0.4) is 0 Å². The Morgan fingerprint density at radius 1 is 1.24 bits per heavy atom. The molecule has 0 spiro atoms. The molecular weight excluding hydrogens is 262 g/mol. The Hall–Kier alpha value is -1.81. The Morgan fingerprint density at radius 2 is 2.05 bits per heavy atom. The van der Waals surface area contributed by atoms with E-state index in [0.29, 0.717) is 12.0 Å². The maximum Gasteiger partial charge on any atom is 0.251 e. The van der Waals surface area contributed by atoms with Crippen molar-refractivity contribution in [2.45, 2.75) is 18.9 Å². The van der Waals surface area contributed by atoms with Crippen LogP contribution in [0, 0.1) is 5.92 Å². The van der Waals surface area contributed by atoms with Crippen molar-refractivity contribution in [3.63, 3.8) is 0 Å². The molecule has 1 amide bonds. The van der Waals surface area contributed by atoms with Gasteiger partial charge in [-0.25, -0.2) is 0 Å². The number of rotatable bonds is 2. The molecule has 2 aromatic rings. The van der Waals surface area contributed by atoms with Gasteiger partial charge in [0.25, 0.3) is 5.91 Å². The summed E-state index contributed by atoms with van der Waals surface area (Å²) in [4.78, 5) is 15.0. The van der Waals surface area contributed by atoms with E-state index in [2.05, 4.69) is 20.9 Å². The number of hydrogen-bond donors (Lipinski definition) is 1. The monoisotopic (exact) mass is 283 g/mol. The minimum absolute atomic E-state index is 0.0665. The third-order valence-electron chi connectivity index (χ3n) is 5.12. The lowest BCUT2D eigenvalue weighted by atomic mass is 9.84. The van der Waals surface area contributed by atoms with Crippen LogP contribution in [0.25, 0.3) is 10.9 Å². The van der Waals surface area contributed by atoms with E-state index in [4.69, 9.17) is 0 Å². The third-order valence-corrected chi connectivity index (χ3v) is 5.12. The highest BCUT2D eigenvalue weighted by Crippen LogP contribution is 2.27. The molecule has 4 heteroatoms. The van der Waals surface area contributed by atoms with Crippen molar-refractivity contribution in [3.8, 4) is 0 Å². The minimum atomic E-state index is 0.0665. The first kappa shape index (κ1) is 12.9. The van der Waals surface area contributed by atoms with Crippen molar-refractivity contribution < 1.29 is 4.79 Å². The summed E-state index contributed by atoms with van der Waals surface area (Å²) in [5, 5.41) is 4.43. The zero-order valence-corrected chi connectivity index (χ0v) is 12.4. The predicted octanol–water partition coefficient (Wildman–Crippen LogP) is 2.00. The van der Waals surface area contributed by atoms with Gasteiger partial charge in [0.1, 0.15) is 0 Å². The molecule has 110 valence electrons. The van der Waals surface area contributed by atoms with Crippen LogP contribution in [0.1, 0.15) is 23.2 Å². The fraction of sp³-hybridized carbons (Fsp3) is 0.471. The molecule has 1 aromatic carbocycles. The van der Waals surface area contributed by atoms with Crippen LogP contribution >= 0.6 is 0 Å². The van der Waals surface area contributed by atoms with Crippen molar-refractivity contribution in [2.75, 3.05) is 19.6 Å². The molecule has 4 nitrogen and oxygen atoms in total. The van der Waals surface area contributed by atoms with Crippen molar-refractivity contribution in [3.05, 3.63) is 36.0 Å². The van der Waals surface area contributed by atoms with Gasteiger partial charge in [-0.2, -0.15) is 0 Å². The highest BCUT2D eigenvalue weighted by Gasteiger charge is 2.34. The summed E-state index contributed by atoms with van der Waals surface area (Å²) in [5.41, 5.74) is 1.87. The zero-order valence-electron chi connectivity index (χ0n) is 12.4. The van der Waals surface area contributed by atoms with E-state index in [0.717, 1.165) is 17.6 Å². The molecule has 1 atom stereocenters. The quantitative estimate of drug-likeness (QED) is 0.915. The maximum atomic E-state index is 12.5. The number of aromatic nitrogens is 1. The van der Waals surface area contributed by atoms with E-state index in [1.807, 2.05) is 31.4 Å². The molecule has 1 N–H and O–H groups in total. The topological polar surface area (TPSA) is 37.3 Å². The Kier molecular flexibility index (Phi) is 3.00. The maximum absolute atomic E-state index is 12.5. The molecule has 2 bridgehead atoms. The van der Waals surface area contributed by atoms with Gasteiger partial charge in [0.15, 0.2) is 0 Å². The van der Waals surface area contributed by atoms with Gasteiger partial charge in [0, 0.05) is 36.9 Å². The van der Waals surface area contributed by atoms with Crippen LogP contribution in [-0.4, -0.2) is 41.1 Å². The number of aryl methyl sites for hydroxylation is 1. The lowest BCUT2D eigenvalue weighted by molar-refractivity contribution is 0.0620. The standard InChI is InChI=1S/C17H21N3O/c1-19-7-4-13-2-3-14(10-16(13)19)17(21)18-15-11-20-8-5-12(15)6-9-20/h2-4,7,10,12,15H,5-6,8-9,11H2,1H3,(H,18,21)/t15-/m1/s1. The molecule has 5 rings (SSSR count). The second-order valence-corrected chi connectivity index (χ2v) is 6.42. The number of fused-ring (bicyclic) bond motifs is 4. The van der Waals surface area contributed by atoms with Crippen LogP contribution in [0.2, 0.25) is 0 Å². The number of piperidine rings is 3. The first-order valence-corrected chi connectivity index (χ1v) is 7.79. The lowest BCUT2D eigenvalue weighted by Crippen LogP contribution is -2.57. The number of nitrogens with zero attached hydrogens (tertiary/aromatic N) is 2. The zero-order chi connectivity index (χ0) is 14.4. The number of benzene rings is 1. The third kappa shape index (κ3) is 2.23. The number of carbonyl (C=O) groups is 1. The van der Waals surface area contributed by atoms with Gasteiger partial charge in [-0.1, -0.05) is 6.07 Å². The Labute approximate surface area is 124 Å². The average molecular weight is 283 g/mol. The number of nitrogens with one attached hydrogen (secondary N) is 1. The molecule has 0 aliphatic carbocycles. The fourth-order valence-corrected chi connectivity index (χ4v) is 3.78. The smallest absolute Gasteiger partial charge is 0.251 e. The number of amides is 1. The van der Waals surface area contributed by atoms with Crippen molar-refractivity contribution in [1.82, 2.24) is 14.8 Å². The molecule has 1 aromatic heterocycles. The molecule has 3 saturated heterocycles. The highest BCUT2D eigenvalue weighted by molar-refractivity contribution is 5.98. The lowest BCUT2D eigenvalue weighted by Gasteiger charge is -2.44. The van der Waals surface area contributed by atoms with Gasteiger partial charge < -0.3 is 14.8 Å². The van der Waals surface area contributed by atoms with Gasteiger partial charge in [-0.3, -0.25) is 4.79 Å². The first-order chi connectivity index (χ1) is 10.2. The summed E-state index contributed by atoms with van der Waals surface area (Å²) in [6, 6.07) is 8.35.